The van der Waals surface area contributed by atoms with Crippen LogP contribution in [0.1, 0.15) is 37.8 Å². The number of aliphatic carboxylic acids is 1. The van der Waals surface area contributed by atoms with Gasteiger partial charge in [0.1, 0.15) is 6.04 Å². The van der Waals surface area contributed by atoms with Crippen LogP contribution in [-0.2, 0) is 16.6 Å². The first-order chi connectivity index (χ1) is 8.90. The summed E-state index contributed by atoms with van der Waals surface area (Å²) in [5.41, 5.74) is 6.47. The van der Waals surface area contributed by atoms with Gasteiger partial charge in [0.15, 0.2) is 0 Å². The Bertz CT molecular complexity index is 444. The van der Waals surface area contributed by atoms with Gasteiger partial charge in [-0.25, -0.2) is 0 Å². The zero-order valence-electron chi connectivity index (χ0n) is 11.2. The average molecular weight is 268 g/mol. The van der Waals surface area contributed by atoms with Gasteiger partial charge in [0, 0.05) is 31.3 Å². The van der Waals surface area contributed by atoms with Crippen LogP contribution in [0.4, 0.5) is 0 Å². The maximum Gasteiger partial charge on any atom is 0.303 e. The monoisotopic (exact) mass is 268 g/mol. The Labute approximate surface area is 111 Å². The van der Waals surface area contributed by atoms with Crippen molar-refractivity contribution in [2.75, 3.05) is 0 Å². The molecule has 0 bridgehead atoms. The summed E-state index contributed by atoms with van der Waals surface area (Å²) in [4.78, 5) is 22.3. The first-order valence-electron chi connectivity index (χ1n) is 6.16. The molecule has 1 heterocycles. The fourth-order valence-corrected chi connectivity index (χ4v) is 1.72. The predicted molar refractivity (Wildman–Crippen MR) is 69.2 cm³/mol. The highest BCUT2D eigenvalue weighted by molar-refractivity contribution is 5.83. The molecule has 1 rings (SSSR count). The summed E-state index contributed by atoms with van der Waals surface area (Å²) in [6.45, 7) is 1.83. The number of aryl methyl sites for hydroxylation is 1. The summed E-state index contributed by atoms with van der Waals surface area (Å²) >= 11 is 0. The number of carboxylic acids is 1. The van der Waals surface area contributed by atoms with Gasteiger partial charge < -0.3 is 16.2 Å². The highest BCUT2D eigenvalue weighted by Crippen LogP contribution is 2.09. The van der Waals surface area contributed by atoms with Crippen molar-refractivity contribution in [3.05, 3.63) is 18.0 Å². The van der Waals surface area contributed by atoms with Crippen molar-refractivity contribution in [2.24, 2.45) is 12.8 Å². The first kappa shape index (κ1) is 15.2. The Morgan fingerprint density at radius 3 is 2.79 bits per heavy atom. The van der Waals surface area contributed by atoms with E-state index in [1.807, 2.05) is 6.92 Å². The molecule has 4 N–H and O–H groups in total. The van der Waals surface area contributed by atoms with Crippen molar-refractivity contribution in [1.82, 2.24) is 15.1 Å². The van der Waals surface area contributed by atoms with Crippen LogP contribution >= 0.6 is 0 Å². The molecule has 0 saturated carbocycles. The predicted octanol–water partition coefficient (Wildman–Crippen LogP) is 0.180. The lowest BCUT2D eigenvalue weighted by atomic mass is 10.1. The highest BCUT2D eigenvalue weighted by atomic mass is 16.4. The normalized spacial score (nSPS) is 13.8. The van der Waals surface area contributed by atoms with Gasteiger partial charge in [0.05, 0.1) is 6.20 Å². The van der Waals surface area contributed by atoms with E-state index in [0.717, 1.165) is 0 Å². The Morgan fingerprint density at radius 1 is 1.58 bits per heavy atom. The molecular formula is C12H20N4O3. The Kier molecular flexibility index (Phi) is 5.50. The van der Waals surface area contributed by atoms with Crippen LogP contribution in [0.15, 0.2) is 12.4 Å². The van der Waals surface area contributed by atoms with E-state index >= 15 is 0 Å². The van der Waals surface area contributed by atoms with E-state index < -0.39 is 12.0 Å². The number of amides is 1. The third-order valence-corrected chi connectivity index (χ3v) is 2.78. The summed E-state index contributed by atoms with van der Waals surface area (Å²) in [5, 5.41) is 15.3. The van der Waals surface area contributed by atoms with Crippen molar-refractivity contribution < 1.29 is 14.7 Å². The topological polar surface area (TPSA) is 110 Å². The molecule has 7 nitrogen and oxygen atoms in total. The van der Waals surface area contributed by atoms with E-state index in [1.54, 1.807) is 24.1 Å². The fourth-order valence-electron chi connectivity index (χ4n) is 1.72. The van der Waals surface area contributed by atoms with E-state index in [9.17, 15) is 9.59 Å². The molecule has 0 spiro atoms. The lowest BCUT2D eigenvalue weighted by Crippen LogP contribution is -2.39. The van der Waals surface area contributed by atoms with Gasteiger partial charge in [-0.2, -0.15) is 5.10 Å². The molecule has 7 heteroatoms. The average Bonchev–Trinajstić information content (AvgIpc) is 2.74. The molecule has 2 atom stereocenters. The van der Waals surface area contributed by atoms with Gasteiger partial charge in [-0.3, -0.25) is 14.3 Å². The van der Waals surface area contributed by atoms with E-state index in [-0.39, 0.29) is 18.4 Å². The molecule has 0 aliphatic carbocycles. The van der Waals surface area contributed by atoms with E-state index in [4.69, 9.17) is 10.8 Å². The van der Waals surface area contributed by atoms with Gasteiger partial charge in [-0.15, -0.1) is 0 Å². The highest BCUT2D eigenvalue weighted by Gasteiger charge is 2.18. The van der Waals surface area contributed by atoms with Crippen LogP contribution in [0, 0.1) is 0 Å². The summed E-state index contributed by atoms with van der Waals surface area (Å²) < 4.78 is 1.58. The molecule has 1 aromatic heterocycles. The number of carboxylic acid groups (broad SMARTS) is 1. The van der Waals surface area contributed by atoms with Crippen molar-refractivity contribution in [3.8, 4) is 0 Å². The summed E-state index contributed by atoms with van der Waals surface area (Å²) in [5.74, 6) is -1.11. The van der Waals surface area contributed by atoms with Crippen LogP contribution in [0.25, 0.3) is 0 Å². The fraction of sp³-hybridized carbons (Fsp3) is 0.583. The van der Waals surface area contributed by atoms with Gasteiger partial charge in [-0.05, 0) is 19.8 Å². The van der Waals surface area contributed by atoms with Crippen molar-refractivity contribution >= 4 is 11.9 Å². The molecule has 0 aliphatic heterocycles. The van der Waals surface area contributed by atoms with Gasteiger partial charge in [-0.1, -0.05) is 0 Å². The van der Waals surface area contributed by atoms with Gasteiger partial charge in [0.2, 0.25) is 5.91 Å². The van der Waals surface area contributed by atoms with E-state index in [2.05, 4.69) is 10.4 Å². The molecule has 0 aliphatic rings. The number of carbonyl (C=O) groups is 2. The third kappa shape index (κ3) is 5.09. The molecule has 0 radical (unpaired) electrons. The van der Waals surface area contributed by atoms with E-state index in [1.165, 1.54) is 0 Å². The minimum Gasteiger partial charge on any atom is -0.481 e. The van der Waals surface area contributed by atoms with E-state index in [0.29, 0.717) is 18.4 Å². The Hall–Kier alpha value is -1.89. The SMILES string of the molecule is CC(CCCC(=O)O)NC(=O)C(N)c1cnn(C)c1. The molecule has 19 heavy (non-hydrogen) atoms. The van der Waals surface area contributed by atoms with Crippen molar-refractivity contribution in [3.63, 3.8) is 0 Å². The molecule has 1 amide bonds. The van der Waals surface area contributed by atoms with Crippen molar-refractivity contribution in [1.29, 1.82) is 0 Å². The number of hydrogen-bond donors (Lipinski definition) is 3. The summed E-state index contributed by atoms with van der Waals surface area (Å²) in [6.07, 6.45) is 4.49. The van der Waals surface area contributed by atoms with Crippen LogP contribution in [0.2, 0.25) is 0 Å². The molecule has 0 fully saturated rings. The van der Waals surface area contributed by atoms with Crippen LogP contribution in [0.3, 0.4) is 0 Å². The van der Waals surface area contributed by atoms with Crippen LogP contribution in [0.5, 0.6) is 0 Å². The summed E-state index contributed by atoms with van der Waals surface area (Å²) in [6, 6.07) is -0.856. The molecule has 0 saturated heterocycles. The third-order valence-electron chi connectivity index (χ3n) is 2.78. The number of carbonyl (C=O) groups excluding carboxylic acids is 1. The maximum atomic E-state index is 11.9. The summed E-state index contributed by atoms with van der Waals surface area (Å²) in [7, 11) is 1.75. The number of aromatic nitrogens is 2. The smallest absolute Gasteiger partial charge is 0.303 e. The number of nitrogens with two attached hydrogens (primary N) is 1. The standard InChI is InChI=1S/C12H20N4O3/c1-8(4-3-5-10(17)18)15-12(19)11(13)9-6-14-16(2)7-9/h6-8,11H,3-5,13H2,1-2H3,(H,15,19)(H,17,18). The number of nitrogens with zero attached hydrogens (tertiary/aromatic N) is 2. The lowest BCUT2D eigenvalue weighted by Gasteiger charge is -2.16. The maximum absolute atomic E-state index is 11.9. The second kappa shape index (κ2) is 6.89. The largest absolute Gasteiger partial charge is 0.481 e. The number of nitrogens with one attached hydrogen (secondary N) is 1. The van der Waals surface area contributed by atoms with Crippen LogP contribution < -0.4 is 11.1 Å². The Morgan fingerprint density at radius 2 is 2.26 bits per heavy atom. The molecule has 106 valence electrons. The second-order valence-electron chi connectivity index (χ2n) is 4.62. The zero-order valence-corrected chi connectivity index (χ0v) is 11.2. The van der Waals surface area contributed by atoms with Crippen LogP contribution in [-0.4, -0.2) is 32.8 Å². The van der Waals surface area contributed by atoms with Crippen molar-refractivity contribution in [2.45, 2.75) is 38.3 Å². The van der Waals surface area contributed by atoms with Gasteiger partial charge in [0.25, 0.3) is 0 Å². The first-order valence-corrected chi connectivity index (χ1v) is 6.16. The molecular weight excluding hydrogens is 248 g/mol. The quantitative estimate of drug-likeness (QED) is 0.653. The van der Waals surface area contributed by atoms with Gasteiger partial charge >= 0.3 is 5.97 Å². The second-order valence-corrected chi connectivity index (χ2v) is 4.62. The molecule has 0 aromatic carbocycles. The Balaban J connectivity index is 2.39. The molecule has 2 unspecified atom stereocenters. The number of hydrogen-bond acceptors (Lipinski definition) is 4. The minimum atomic E-state index is -0.828. The lowest BCUT2D eigenvalue weighted by molar-refractivity contribution is -0.137. The minimum absolute atomic E-state index is 0.102. The zero-order chi connectivity index (χ0) is 14.4. The number of rotatable bonds is 7. The molecule has 1 aromatic rings.